The van der Waals surface area contributed by atoms with Crippen molar-refractivity contribution >= 4 is 0 Å². The van der Waals surface area contributed by atoms with Gasteiger partial charge < -0.3 is 4.84 Å². The highest BCUT2D eigenvalue weighted by molar-refractivity contribution is 4.76. The molecule has 0 unspecified atom stereocenters. The lowest BCUT2D eigenvalue weighted by atomic mass is 10.2. The third-order valence-electron chi connectivity index (χ3n) is 0.653. The number of rotatable bonds is 3. The molecule has 0 aromatic heterocycles. The molecule has 9 heavy (non-hydrogen) atoms. The Morgan fingerprint density at radius 1 is 1.44 bits per heavy atom. The van der Waals surface area contributed by atoms with E-state index < -0.39 is 0 Å². The van der Waals surface area contributed by atoms with Crippen molar-refractivity contribution in [1.82, 2.24) is 0 Å². The standard InChI is InChI=1S/C6H12N2O/c1-6(2)4-5-9-8-7-3/h4-6H,1-3H3/b5-4+,8-7?. The fourth-order valence-electron chi connectivity index (χ4n) is 0.267. The third-order valence-corrected chi connectivity index (χ3v) is 0.653. The van der Waals surface area contributed by atoms with Crippen molar-refractivity contribution < 1.29 is 4.84 Å². The minimum atomic E-state index is 0.497. The summed E-state index contributed by atoms with van der Waals surface area (Å²) in [5.74, 6) is 0.497. The van der Waals surface area contributed by atoms with Crippen LogP contribution in [0.25, 0.3) is 0 Å². The topological polar surface area (TPSA) is 34.0 Å². The van der Waals surface area contributed by atoms with Gasteiger partial charge in [0.05, 0.1) is 7.05 Å². The molecule has 3 nitrogen and oxygen atoms in total. The van der Waals surface area contributed by atoms with Crippen LogP contribution >= 0.6 is 0 Å². The first-order valence-corrected chi connectivity index (χ1v) is 2.89. The van der Waals surface area contributed by atoms with Crippen molar-refractivity contribution in [2.45, 2.75) is 13.8 Å². The highest BCUT2D eigenvalue weighted by Crippen LogP contribution is 1.93. The summed E-state index contributed by atoms with van der Waals surface area (Å²) in [6.07, 6.45) is 3.42. The molecule has 0 aromatic carbocycles. The number of hydrogen-bond donors (Lipinski definition) is 0. The Bertz CT molecular complexity index is 108. The SMILES string of the molecule is CN=NO/C=C/C(C)C. The lowest BCUT2D eigenvalue weighted by Crippen LogP contribution is -1.76. The van der Waals surface area contributed by atoms with E-state index in [4.69, 9.17) is 0 Å². The molecule has 0 spiro atoms. The molecule has 0 radical (unpaired) electrons. The van der Waals surface area contributed by atoms with Crippen molar-refractivity contribution in [3.8, 4) is 0 Å². The molecule has 0 aromatic rings. The van der Waals surface area contributed by atoms with Crippen LogP contribution in [0.5, 0.6) is 0 Å². The van der Waals surface area contributed by atoms with E-state index in [9.17, 15) is 0 Å². The van der Waals surface area contributed by atoms with Crippen LogP contribution in [-0.2, 0) is 4.84 Å². The molecule has 52 valence electrons. The molecule has 0 aliphatic carbocycles. The summed E-state index contributed by atoms with van der Waals surface area (Å²) in [4.78, 5) is 4.57. The summed E-state index contributed by atoms with van der Waals surface area (Å²) < 4.78 is 0. The zero-order chi connectivity index (χ0) is 7.11. The van der Waals surface area contributed by atoms with Gasteiger partial charge in [0.1, 0.15) is 6.26 Å². The van der Waals surface area contributed by atoms with Crippen LogP contribution in [0.15, 0.2) is 22.7 Å². The van der Waals surface area contributed by atoms with E-state index in [0.29, 0.717) is 5.92 Å². The molecule has 0 aliphatic heterocycles. The van der Waals surface area contributed by atoms with Crippen molar-refractivity contribution in [2.75, 3.05) is 7.05 Å². The molecule has 0 heterocycles. The van der Waals surface area contributed by atoms with Crippen molar-refractivity contribution in [3.05, 3.63) is 12.3 Å². The molecule has 0 saturated heterocycles. The van der Waals surface area contributed by atoms with E-state index in [1.54, 1.807) is 7.05 Å². The van der Waals surface area contributed by atoms with Gasteiger partial charge in [-0.3, -0.25) is 0 Å². The van der Waals surface area contributed by atoms with E-state index in [0.717, 1.165) is 0 Å². The van der Waals surface area contributed by atoms with E-state index in [-0.39, 0.29) is 0 Å². The largest absolute Gasteiger partial charge is 0.348 e. The molecule has 0 bridgehead atoms. The van der Waals surface area contributed by atoms with Gasteiger partial charge in [0.2, 0.25) is 0 Å². The molecule has 0 amide bonds. The van der Waals surface area contributed by atoms with Gasteiger partial charge in [-0.15, -0.1) is 0 Å². The summed E-state index contributed by atoms with van der Waals surface area (Å²) >= 11 is 0. The highest BCUT2D eigenvalue weighted by Gasteiger charge is 1.80. The first kappa shape index (κ1) is 8.14. The molecule has 0 saturated carbocycles. The molecule has 0 N–H and O–H groups in total. The maximum Gasteiger partial charge on any atom is 0.120 e. The first-order chi connectivity index (χ1) is 4.27. The fourth-order valence-corrected chi connectivity index (χ4v) is 0.267. The Morgan fingerprint density at radius 3 is 2.56 bits per heavy atom. The van der Waals surface area contributed by atoms with Gasteiger partial charge in [0.15, 0.2) is 0 Å². The highest BCUT2D eigenvalue weighted by atomic mass is 16.6. The molecular formula is C6H12N2O. The Hall–Kier alpha value is -0.860. The van der Waals surface area contributed by atoms with Crippen LogP contribution in [0.2, 0.25) is 0 Å². The van der Waals surface area contributed by atoms with Crippen molar-refractivity contribution in [1.29, 1.82) is 0 Å². The zero-order valence-electron chi connectivity index (χ0n) is 6.03. The molecule has 0 aliphatic rings. The summed E-state index contributed by atoms with van der Waals surface area (Å²) in [5.41, 5.74) is 0. The van der Waals surface area contributed by atoms with Crippen LogP contribution in [-0.4, -0.2) is 7.05 Å². The average molecular weight is 128 g/mol. The Balaban J connectivity index is 3.25. The quantitative estimate of drug-likeness (QED) is 0.326. The first-order valence-electron chi connectivity index (χ1n) is 2.89. The fraction of sp³-hybridized carbons (Fsp3) is 0.667. The van der Waals surface area contributed by atoms with Crippen LogP contribution < -0.4 is 0 Å². The van der Waals surface area contributed by atoms with Gasteiger partial charge in [0.25, 0.3) is 0 Å². The van der Waals surface area contributed by atoms with Gasteiger partial charge in [-0.05, 0) is 12.0 Å². The predicted molar refractivity (Wildman–Crippen MR) is 35.8 cm³/mol. The summed E-state index contributed by atoms with van der Waals surface area (Å²) in [6.45, 7) is 4.12. The molecule has 0 atom stereocenters. The van der Waals surface area contributed by atoms with Gasteiger partial charge in [-0.1, -0.05) is 13.8 Å². The van der Waals surface area contributed by atoms with Gasteiger partial charge in [-0.2, -0.15) is 5.11 Å². The minimum absolute atomic E-state index is 0.497. The van der Waals surface area contributed by atoms with E-state index in [1.165, 1.54) is 6.26 Å². The number of nitrogens with zero attached hydrogens (tertiary/aromatic N) is 2. The maximum absolute atomic E-state index is 4.57. The van der Waals surface area contributed by atoms with Gasteiger partial charge >= 0.3 is 0 Å². The molecular weight excluding hydrogens is 116 g/mol. The number of allylic oxidation sites excluding steroid dienone is 1. The second-order valence-corrected chi connectivity index (χ2v) is 1.96. The smallest absolute Gasteiger partial charge is 0.120 e. The predicted octanol–water partition coefficient (Wildman–Crippen LogP) is 2.17. The van der Waals surface area contributed by atoms with Gasteiger partial charge in [0, 0.05) is 5.28 Å². The van der Waals surface area contributed by atoms with Crippen LogP contribution in [0, 0.1) is 5.92 Å². The Kier molecular flexibility index (Phi) is 4.78. The number of hydrogen-bond acceptors (Lipinski definition) is 3. The lowest BCUT2D eigenvalue weighted by Gasteiger charge is -1.89. The molecule has 0 rings (SSSR count). The van der Waals surface area contributed by atoms with Crippen LogP contribution in [0.1, 0.15) is 13.8 Å². The average Bonchev–Trinajstić information content (AvgIpc) is 1.80. The summed E-state index contributed by atoms with van der Waals surface area (Å²) in [7, 11) is 1.56. The second kappa shape index (κ2) is 5.28. The van der Waals surface area contributed by atoms with E-state index in [2.05, 4.69) is 29.1 Å². The molecule has 3 heteroatoms. The normalized spacial score (nSPS) is 12.0. The zero-order valence-corrected chi connectivity index (χ0v) is 6.03. The van der Waals surface area contributed by atoms with E-state index in [1.807, 2.05) is 6.08 Å². The van der Waals surface area contributed by atoms with Crippen molar-refractivity contribution in [3.63, 3.8) is 0 Å². The summed E-state index contributed by atoms with van der Waals surface area (Å²) in [5, 5.41) is 6.67. The minimum Gasteiger partial charge on any atom is -0.348 e. The Morgan fingerprint density at radius 2 is 2.11 bits per heavy atom. The monoisotopic (exact) mass is 128 g/mol. The Labute approximate surface area is 55.4 Å². The van der Waals surface area contributed by atoms with Crippen LogP contribution in [0.4, 0.5) is 0 Å². The maximum atomic E-state index is 4.57. The third kappa shape index (κ3) is 7.14. The van der Waals surface area contributed by atoms with Crippen LogP contribution in [0.3, 0.4) is 0 Å². The van der Waals surface area contributed by atoms with E-state index >= 15 is 0 Å². The molecule has 0 fully saturated rings. The second-order valence-electron chi connectivity index (χ2n) is 1.96. The van der Waals surface area contributed by atoms with Gasteiger partial charge in [-0.25, -0.2) is 0 Å². The lowest BCUT2D eigenvalue weighted by molar-refractivity contribution is 0.238. The summed E-state index contributed by atoms with van der Waals surface area (Å²) in [6, 6.07) is 0. The van der Waals surface area contributed by atoms with Crippen molar-refractivity contribution in [2.24, 2.45) is 16.3 Å².